The molecule has 0 unspecified atom stereocenters. The van der Waals surface area contributed by atoms with Crippen molar-refractivity contribution in [1.82, 2.24) is 16.0 Å². The zero-order valence-corrected chi connectivity index (χ0v) is 21.2. The highest BCUT2D eigenvalue weighted by Crippen LogP contribution is 2.23. The number of rotatable bonds is 10. The zero-order valence-electron chi connectivity index (χ0n) is 20.5. The predicted octanol–water partition coefficient (Wildman–Crippen LogP) is 3.60. The molecule has 3 amide bonds. The van der Waals surface area contributed by atoms with Crippen LogP contribution in [-0.4, -0.2) is 48.9 Å². The van der Waals surface area contributed by atoms with E-state index in [0.29, 0.717) is 5.75 Å². The lowest BCUT2D eigenvalue weighted by Crippen LogP contribution is -2.54. The summed E-state index contributed by atoms with van der Waals surface area (Å²) >= 11 is 6.01. The van der Waals surface area contributed by atoms with Crippen LogP contribution in [0.25, 0.3) is 0 Å². The van der Waals surface area contributed by atoms with E-state index in [9.17, 15) is 32.3 Å². The first-order valence-corrected chi connectivity index (χ1v) is 11.5. The van der Waals surface area contributed by atoms with Crippen LogP contribution in [0, 0.1) is 5.92 Å². The van der Waals surface area contributed by atoms with Gasteiger partial charge in [-0.2, -0.15) is 13.2 Å². The molecule has 200 valence electrons. The number of methoxy groups -OCH3 is 1. The summed E-state index contributed by atoms with van der Waals surface area (Å²) in [6, 6.07) is 7.51. The molecular weight excluding hydrogens is 515 g/mol. The summed E-state index contributed by atoms with van der Waals surface area (Å²) < 4.78 is 44.3. The summed E-state index contributed by atoms with van der Waals surface area (Å²) in [5.74, 6) is -5.06. The number of alkyl halides is 3. The first kappa shape index (κ1) is 29.6. The Balaban J connectivity index is 2.28. The van der Waals surface area contributed by atoms with Crippen LogP contribution in [0.4, 0.5) is 13.2 Å². The molecule has 0 aliphatic carbocycles. The number of carbonyl (C=O) groups is 4. The molecule has 0 radical (unpaired) electrons. The second-order valence-corrected chi connectivity index (χ2v) is 8.89. The second-order valence-electron chi connectivity index (χ2n) is 8.48. The number of benzene rings is 2. The van der Waals surface area contributed by atoms with Gasteiger partial charge in [0.2, 0.25) is 11.8 Å². The topological polar surface area (TPSA) is 114 Å². The van der Waals surface area contributed by atoms with Crippen LogP contribution in [-0.2, 0) is 14.4 Å². The van der Waals surface area contributed by atoms with Crippen LogP contribution in [0.2, 0.25) is 5.02 Å². The van der Waals surface area contributed by atoms with E-state index in [-0.39, 0.29) is 16.1 Å². The Morgan fingerprint density at radius 3 is 1.97 bits per heavy atom. The van der Waals surface area contributed by atoms with Gasteiger partial charge in [0, 0.05) is 0 Å². The largest absolute Gasteiger partial charge is 0.497 e. The molecular formula is C25H27ClF3N3O5. The number of carbonyl (C=O) groups excluding carboxylic acids is 4. The average molecular weight is 542 g/mol. The van der Waals surface area contributed by atoms with Crippen molar-refractivity contribution in [2.24, 2.45) is 5.92 Å². The SMILES string of the molecule is COc1ccc([C@H](NC(=O)[C@H](C)NC(=O)c2ccccc2Cl)C(=O)N[C@H](C(=O)C(F)(F)F)C(C)C)cc1. The predicted molar refractivity (Wildman–Crippen MR) is 130 cm³/mol. The maximum atomic E-state index is 13.1. The molecule has 0 aliphatic rings. The van der Waals surface area contributed by atoms with Gasteiger partial charge < -0.3 is 20.7 Å². The number of ether oxygens (including phenoxy) is 1. The van der Waals surface area contributed by atoms with Crippen molar-refractivity contribution >= 4 is 35.1 Å². The van der Waals surface area contributed by atoms with E-state index in [2.05, 4.69) is 16.0 Å². The fraction of sp³-hybridized carbons (Fsp3) is 0.360. The van der Waals surface area contributed by atoms with Crippen molar-refractivity contribution in [3.63, 3.8) is 0 Å². The van der Waals surface area contributed by atoms with Gasteiger partial charge in [-0.25, -0.2) is 0 Å². The minimum Gasteiger partial charge on any atom is -0.497 e. The maximum Gasteiger partial charge on any atom is 0.452 e. The fourth-order valence-corrected chi connectivity index (χ4v) is 3.52. The molecule has 2 aromatic rings. The molecule has 3 atom stereocenters. The highest BCUT2D eigenvalue weighted by molar-refractivity contribution is 6.33. The number of ketones is 1. The Kier molecular flexibility index (Phi) is 10.1. The monoisotopic (exact) mass is 541 g/mol. The van der Waals surface area contributed by atoms with Gasteiger partial charge >= 0.3 is 6.18 Å². The van der Waals surface area contributed by atoms with Crippen LogP contribution in [0.15, 0.2) is 48.5 Å². The number of hydrogen-bond donors (Lipinski definition) is 3. The lowest BCUT2D eigenvalue weighted by molar-refractivity contribution is -0.175. The number of Topliss-reactive ketones (excluding diaryl/α,β-unsaturated/α-hetero) is 1. The van der Waals surface area contributed by atoms with E-state index in [1.807, 2.05) is 0 Å². The van der Waals surface area contributed by atoms with E-state index < -0.39 is 53.7 Å². The summed E-state index contributed by atoms with van der Waals surface area (Å²) in [7, 11) is 1.42. The Labute approximate surface area is 216 Å². The van der Waals surface area contributed by atoms with E-state index in [4.69, 9.17) is 16.3 Å². The molecule has 2 aromatic carbocycles. The highest BCUT2D eigenvalue weighted by Gasteiger charge is 2.45. The molecule has 3 N–H and O–H groups in total. The van der Waals surface area contributed by atoms with Crippen LogP contribution < -0.4 is 20.7 Å². The molecule has 37 heavy (non-hydrogen) atoms. The Bertz CT molecular complexity index is 1140. The fourth-order valence-electron chi connectivity index (χ4n) is 3.30. The number of halogens is 4. The number of amides is 3. The molecule has 12 heteroatoms. The average Bonchev–Trinajstić information content (AvgIpc) is 2.84. The van der Waals surface area contributed by atoms with Crippen molar-refractivity contribution in [3.05, 3.63) is 64.7 Å². The minimum atomic E-state index is -5.17. The Morgan fingerprint density at radius 2 is 1.46 bits per heavy atom. The van der Waals surface area contributed by atoms with E-state index in [0.717, 1.165) is 0 Å². The summed E-state index contributed by atoms with van der Waals surface area (Å²) in [6.07, 6.45) is -5.17. The van der Waals surface area contributed by atoms with Gasteiger partial charge in [0.05, 0.1) is 23.7 Å². The molecule has 0 bridgehead atoms. The smallest absolute Gasteiger partial charge is 0.452 e. The van der Waals surface area contributed by atoms with Crippen LogP contribution in [0.3, 0.4) is 0 Å². The second kappa shape index (κ2) is 12.6. The number of nitrogens with one attached hydrogen (secondary N) is 3. The Morgan fingerprint density at radius 1 is 0.865 bits per heavy atom. The lowest BCUT2D eigenvalue weighted by atomic mass is 9.97. The van der Waals surface area contributed by atoms with E-state index in [1.54, 1.807) is 12.1 Å². The summed E-state index contributed by atoms with van der Waals surface area (Å²) in [5.41, 5.74) is 0.331. The third-order valence-corrected chi connectivity index (χ3v) is 5.71. The zero-order chi connectivity index (χ0) is 27.9. The van der Waals surface area contributed by atoms with Crippen LogP contribution in [0.1, 0.15) is 42.7 Å². The van der Waals surface area contributed by atoms with E-state index >= 15 is 0 Å². The molecule has 0 spiro atoms. The van der Waals surface area contributed by atoms with Crippen molar-refractivity contribution in [2.45, 2.75) is 45.1 Å². The van der Waals surface area contributed by atoms with Gasteiger partial charge in [-0.3, -0.25) is 19.2 Å². The van der Waals surface area contributed by atoms with Crippen molar-refractivity contribution < 1.29 is 37.1 Å². The molecule has 0 aromatic heterocycles. The molecule has 0 heterocycles. The Hall–Kier alpha value is -3.60. The van der Waals surface area contributed by atoms with Gasteiger partial charge in [-0.05, 0) is 42.7 Å². The van der Waals surface area contributed by atoms with Crippen molar-refractivity contribution in [1.29, 1.82) is 0 Å². The van der Waals surface area contributed by atoms with Gasteiger partial charge in [-0.15, -0.1) is 0 Å². The summed E-state index contributed by atoms with van der Waals surface area (Å²) in [6.45, 7) is 4.06. The molecule has 0 fully saturated rings. The third kappa shape index (κ3) is 7.94. The molecule has 8 nitrogen and oxygen atoms in total. The standard InChI is InChI=1S/C25H27ClF3N3O5/c1-13(2)19(21(33)25(27,28)29)31-24(36)20(15-9-11-16(37-4)12-10-15)32-22(34)14(3)30-23(35)17-7-5-6-8-18(17)26/h5-14,19-20H,1-4H3,(H,30,35)(H,31,36)(H,32,34)/t14-,19-,20-/m0/s1. The van der Waals surface area contributed by atoms with Gasteiger partial charge in [0.1, 0.15) is 17.8 Å². The van der Waals surface area contributed by atoms with Crippen molar-refractivity contribution in [3.8, 4) is 5.75 Å². The molecule has 2 rings (SSSR count). The molecule has 0 aliphatic heterocycles. The van der Waals surface area contributed by atoms with Crippen LogP contribution >= 0.6 is 11.6 Å². The lowest BCUT2D eigenvalue weighted by Gasteiger charge is -2.26. The first-order chi connectivity index (χ1) is 17.3. The molecule has 0 saturated carbocycles. The van der Waals surface area contributed by atoms with Gasteiger partial charge in [-0.1, -0.05) is 49.7 Å². The highest BCUT2D eigenvalue weighted by atomic mass is 35.5. The quantitative estimate of drug-likeness (QED) is 0.425. The number of hydrogen-bond acceptors (Lipinski definition) is 5. The first-order valence-electron chi connectivity index (χ1n) is 11.2. The maximum absolute atomic E-state index is 13.1. The van der Waals surface area contributed by atoms with Crippen LogP contribution in [0.5, 0.6) is 5.75 Å². The minimum absolute atomic E-state index is 0.124. The van der Waals surface area contributed by atoms with Gasteiger partial charge in [0.15, 0.2) is 0 Å². The van der Waals surface area contributed by atoms with Gasteiger partial charge in [0.25, 0.3) is 11.7 Å². The van der Waals surface area contributed by atoms with E-state index in [1.165, 1.54) is 64.3 Å². The molecule has 0 saturated heterocycles. The third-order valence-electron chi connectivity index (χ3n) is 5.38. The summed E-state index contributed by atoms with van der Waals surface area (Å²) in [4.78, 5) is 50.4. The van der Waals surface area contributed by atoms with Crippen molar-refractivity contribution in [2.75, 3.05) is 7.11 Å². The normalized spacial score (nSPS) is 13.8. The summed E-state index contributed by atoms with van der Waals surface area (Å²) in [5, 5.41) is 7.16.